The van der Waals surface area contributed by atoms with Gasteiger partial charge in [-0.2, -0.15) is 0 Å². The molecule has 4 saturated heterocycles. The van der Waals surface area contributed by atoms with Crippen LogP contribution in [0.4, 0.5) is 0 Å². The maximum atomic E-state index is 11.7. The van der Waals surface area contributed by atoms with Crippen molar-refractivity contribution in [3.8, 4) is 0 Å². The molecule has 0 aromatic carbocycles. The smallest absolute Gasteiger partial charge is 0.185 e. The summed E-state index contributed by atoms with van der Waals surface area (Å²) in [6, 6.07) is -0.523. The number of hydrogen-bond donors (Lipinski definition) is 4. The van der Waals surface area contributed by atoms with Crippen molar-refractivity contribution < 1.29 is 48.5 Å². The van der Waals surface area contributed by atoms with Crippen molar-refractivity contribution in [3.05, 3.63) is 0 Å². The lowest BCUT2D eigenvalue weighted by Gasteiger charge is -2.49. The Hall–Kier alpha value is -0.480. The monoisotopic (exact) mass is 660 g/mol. The van der Waals surface area contributed by atoms with Gasteiger partial charge in [-0.1, -0.05) is 27.7 Å². The Morgan fingerprint density at radius 1 is 0.891 bits per heavy atom. The van der Waals surface area contributed by atoms with Gasteiger partial charge in [0.1, 0.15) is 12.2 Å². The molecule has 4 aliphatic rings. The molecule has 270 valence electrons. The molecule has 0 spiro atoms. The second kappa shape index (κ2) is 14.8. The third-order valence-electron chi connectivity index (χ3n) is 11.5. The average Bonchev–Trinajstić information content (AvgIpc) is 3.29. The summed E-state index contributed by atoms with van der Waals surface area (Å²) in [6.45, 7) is 17.7. The van der Waals surface area contributed by atoms with E-state index in [1.807, 2.05) is 53.6 Å². The minimum absolute atomic E-state index is 0.131. The van der Waals surface area contributed by atoms with Gasteiger partial charge in [0.25, 0.3) is 0 Å². The predicted octanol–water partition coefficient (Wildman–Crippen LogP) is 2.24. The van der Waals surface area contributed by atoms with E-state index in [1.165, 1.54) is 0 Å². The molecule has 0 amide bonds. The lowest BCUT2D eigenvalue weighted by atomic mass is 9.77. The molecule has 0 saturated carbocycles. The van der Waals surface area contributed by atoms with Gasteiger partial charge in [-0.15, -0.1) is 0 Å². The van der Waals surface area contributed by atoms with Gasteiger partial charge in [0, 0.05) is 43.4 Å². The maximum absolute atomic E-state index is 11.7. The summed E-state index contributed by atoms with van der Waals surface area (Å²) in [4.78, 5) is 2.01. The van der Waals surface area contributed by atoms with E-state index in [1.54, 1.807) is 14.0 Å². The van der Waals surface area contributed by atoms with Crippen LogP contribution in [0.5, 0.6) is 0 Å². The molecule has 0 aromatic heterocycles. The van der Waals surface area contributed by atoms with Crippen LogP contribution < -0.4 is 5.73 Å². The molecule has 4 aliphatic heterocycles. The first-order valence-electron chi connectivity index (χ1n) is 17.3. The molecule has 4 fully saturated rings. The first kappa shape index (κ1) is 38.3. The Bertz CT molecular complexity index is 992. The van der Waals surface area contributed by atoms with Crippen molar-refractivity contribution in [1.82, 2.24) is 4.90 Å². The second-order valence-corrected chi connectivity index (χ2v) is 15.7. The largest absolute Gasteiger partial charge is 0.387 e. The number of ether oxygens (including phenoxy) is 7. The van der Waals surface area contributed by atoms with Crippen LogP contribution >= 0.6 is 0 Å². The summed E-state index contributed by atoms with van der Waals surface area (Å²) in [7, 11) is 5.47. The fourth-order valence-electron chi connectivity index (χ4n) is 8.69. The number of nitrogens with zero attached hydrogens (tertiary/aromatic N) is 1. The number of aliphatic hydroxyl groups is 3. The summed E-state index contributed by atoms with van der Waals surface area (Å²) in [5.74, 6) is -0.962. The van der Waals surface area contributed by atoms with Gasteiger partial charge >= 0.3 is 0 Å². The highest BCUT2D eigenvalue weighted by Gasteiger charge is 2.57. The van der Waals surface area contributed by atoms with E-state index in [-0.39, 0.29) is 42.5 Å². The van der Waals surface area contributed by atoms with E-state index >= 15 is 0 Å². The average molecular weight is 661 g/mol. The van der Waals surface area contributed by atoms with Crippen molar-refractivity contribution in [2.24, 2.45) is 29.4 Å². The van der Waals surface area contributed by atoms with Crippen LogP contribution in [0.25, 0.3) is 0 Å². The molecule has 4 rings (SSSR count). The quantitative estimate of drug-likeness (QED) is 0.317. The normalized spacial score (nSPS) is 53.2. The minimum Gasteiger partial charge on any atom is -0.387 e. The van der Waals surface area contributed by atoms with Crippen molar-refractivity contribution in [2.75, 3.05) is 21.2 Å². The van der Waals surface area contributed by atoms with Gasteiger partial charge in [0.05, 0.1) is 47.8 Å². The van der Waals surface area contributed by atoms with Crippen LogP contribution in [0.3, 0.4) is 0 Å². The zero-order valence-corrected chi connectivity index (χ0v) is 30.2. The Kier molecular flexibility index (Phi) is 12.3. The van der Waals surface area contributed by atoms with Crippen LogP contribution in [0, 0.1) is 23.7 Å². The predicted molar refractivity (Wildman–Crippen MR) is 172 cm³/mol. The van der Waals surface area contributed by atoms with Crippen LogP contribution in [-0.2, 0) is 33.2 Å². The van der Waals surface area contributed by atoms with E-state index in [4.69, 9.17) is 38.9 Å². The molecule has 8 unspecified atom stereocenters. The zero-order valence-electron chi connectivity index (χ0n) is 30.2. The third-order valence-corrected chi connectivity index (χ3v) is 11.5. The number of aliphatic hydroxyl groups excluding tert-OH is 3. The summed E-state index contributed by atoms with van der Waals surface area (Å²) >= 11 is 0. The summed E-state index contributed by atoms with van der Waals surface area (Å²) in [5, 5.41) is 34.0. The summed E-state index contributed by atoms with van der Waals surface area (Å²) in [5.41, 5.74) is 4.77. The number of methoxy groups -OCH3 is 1. The topological polar surface area (TPSA) is 155 Å². The van der Waals surface area contributed by atoms with Gasteiger partial charge < -0.3 is 59.1 Å². The highest BCUT2D eigenvalue weighted by Crippen LogP contribution is 2.48. The molecule has 2 bridgehead atoms. The van der Waals surface area contributed by atoms with Gasteiger partial charge in [0.2, 0.25) is 0 Å². The standard InChI is InChI=1S/C34H64N2O10/c1-16-14-34(9)30(45-32-25(37)23(36(10)11)13-17(2)41-32)19(4)27(43-24-15-33(8,40-12)29(38)22(7)42-24)20(5)31(39)44-28(21(6)35)18(3)26(16)46-34/h16-32,37-39H,13-15,35H2,1-12H3/t16-,17?,18-,19-,20+,21?,22?,23?,24-,25?,26?,27-,28+,29-,30+,31-,32-,33?,34?/m0/s1. The highest BCUT2D eigenvalue weighted by atomic mass is 16.7. The van der Waals surface area contributed by atoms with Gasteiger partial charge in [-0.3, -0.25) is 0 Å². The van der Waals surface area contributed by atoms with E-state index in [0.717, 1.165) is 0 Å². The van der Waals surface area contributed by atoms with E-state index in [2.05, 4.69) is 20.8 Å². The fraction of sp³-hybridized carbons (Fsp3) is 1.00. The van der Waals surface area contributed by atoms with Crippen LogP contribution in [-0.4, -0.2) is 132 Å². The SMILES string of the molecule is COC1(C)C[C@H](O[C@@H]2[C@@H](C)[C@@H](O)O[C@@H](C(C)N)[C@@H](C)C3OC(C)(C[C@@H]3C)[C@H](O[C@@H]3OC(C)CC(N(C)C)C3O)[C@H]2C)OC(C)[C@@H]1O. The van der Waals surface area contributed by atoms with Gasteiger partial charge in [-0.25, -0.2) is 0 Å². The number of rotatable bonds is 7. The van der Waals surface area contributed by atoms with E-state index < -0.39 is 78.5 Å². The van der Waals surface area contributed by atoms with E-state index in [9.17, 15) is 15.3 Å². The van der Waals surface area contributed by atoms with Crippen LogP contribution in [0.15, 0.2) is 0 Å². The third kappa shape index (κ3) is 7.63. The molecule has 0 aromatic rings. The van der Waals surface area contributed by atoms with Crippen molar-refractivity contribution >= 4 is 0 Å². The van der Waals surface area contributed by atoms with Gasteiger partial charge in [-0.05, 0) is 67.5 Å². The highest BCUT2D eigenvalue weighted by molar-refractivity contribution is 5.03. The Morgan fingerprint density at radius 3 is 2.13 bits per heavy atom. The first-order valence-corrected chi connectivity index (χ1v) is 17.3. The molecule has 12 nitrogen and oxygen atoms in total. The molecule has 12 heteroatoms. The molecule has 5 N–H and O–H groups in total. The maximum Gasteiger partial charge on any atom is 0.185 e. The van der Waals surface area contributed by atoms with Crippen molar-refractivity contribution in [3.63, 3.8) is 0 Å². The van der Waals surface area contributed by atoms with Crippen LogP contribution in [0.1, 0.15) is 81.6 Å². The van der Waals surface area contributed by atoms with Gasteiger partial charge in [0.15, 0.2) is 18.9 Å². The molecular formula is C34H64N2O10. The molecule has 46 heavy (non-hydrogen) atoms. The minimum atomic E-state index is -1.22. The first-order chi connectivity index (χ1) is 21.3. The molecule has 0 radical (unpaired) electrons. The van der Waals surface area contributed by atoms with E-state index in [0.29, 0.717) is 12.8 Å². The lowest BCUT2D eigenvalue weighted by molar-refractivity contribution is -0.323. The summed E-state index contributed by atoms with van der Waals surface area (Å²) < 4.78 is 45.3. The molecule has 0 aliphatic carbocycles. The van der Waals surface area contributed by atoms with Crippen molar-refractivity contribution in [2.45, 2.75) is 173 Å². The number of likely N-dealkylation sites (N-methyl/N-ethyl adjacent to an activating group) is 1. The lowest BCUT2D eigenvalue weighted by Crippen LogP contribution is -2.60. The Labute approximate surface area is 276 Å². The zero-order chi connectivity index (χ0) is 34.5. The Morgan fingerprint density at radius 2 is 1.54 bits per heavy atom. The second-order valence-electron chi connectivity index (χ2n) is 15.7. The van der Waals surface area contributed by atoms with Crippen LogP contribution in [0.2, 0.25) is 0 Å². The van der Waals surface area contributed by atoms with Crippen molar-refractivity contribution in [1.29, 1.82) is 0 Å². The summed E-state index contributed by atoms with van der Waals surface area (Å²) in [6.07, 6.45) is -5.67. The number of fused-ring (bicyclic) bond motifs is 2. The number of nitrogens with two attached hydrogens (primary N) is 1. The molecular weight excluding hydrogens is 596 g/mol. The Balaban J connectivity index is 1.77. The fourth-order valence-corrected chi connectivity index (χ4v) is 8.69. The molecule has 19 atom stereocenters. The number of hydrogen-bond acceptors (Lipinski definition) is 12. The molecule has 4 heterocycles.